The molecule has 1 amide bonds. The molecule has 1 aliphatic heterocycles. The molecule has 1 fully saturated rings. The Hall–Kier alpha value is -1.47. The first-order chi connectivity index (χ1) is 11.6. The standard InChI is InChI=1S/C16H17Cl2N3O3.ClH/c1-10-8-19-5-6-21(10)16(22)14-7-11(24-20-14)9-23-15-12(17)3-2-4-13(15)18;/h2-4,7,10,19H,5-6,8-9H2,1H3;1H/t10-;/m0./s1. The van der Waals surface area contributed by atoms with Crippen LogP contribution in [0.25, 0.3) is 0 Å². The number of halogens is 3. The van der Waals surface area contributed by atoms with Crippen LogP contribution in [0.15, 0.2) is 28.8 Å². The van der Waals surface area contributed by atoms with Crippen molar-refractivity contribution >= 4 is 41.5 Å². The Labute approximate surface area is 161 Å². The van der Waals surface area contributed by atoms with Gasteiger partial charge in [-0.15, -0.1) is 12.4 Å². The molecule has 9 heteroatoms. The number of nitrogens with one attached hydrogen (secondary N) is 1. The van der Waals surface area contributed by atoms with E-state index in [9.17, 15) is 4.79 Å². The highest BCUT2D eigenvalue weighted by molar-refractivity contribution is 6.37. The zero-order valence-electron chi connectivity index (χ0n) is 13.5. The highest BCUT2D eigenvalue weighted by Gasteiger charge is 2.26. The van der Waals surface area contributed by atoms with Crippen LogP contribution in [0.3, 0.4) is 0 Å². The molecule has 1 atom stereocenters. The zero-order valence-corrected chi connectivity index (χ0v) is 15.8. The zero-order chi connectivity index (χ0) is 17.1. The number of nitrogens with zero attached hydrogens (tertiary/aromatic N) is 2. The van der Waals surface area contributed by atoms with Crippen molar-refractivity contribution in [1.29, 1.82) is 0 Å². The van der Waals surface area contributed by atoms with Crippen molar-refractivity contribution in [1.82, 2.24) is 15.4 Å². The van der Waals surface area contributed by atoms with Gasteiger partial charge in [-0.3, -0.25) is 4.79 Å². The van der Waals surface area contributed by atoms with E-state index in [1.54, 1.807) is 29.2 Å². The quantitative estimate of drug-likeness (QED) is 0.843. The van der Waals surface area contributed by atoms with Gasteiger partial charge in [0.1, 0.15) is 6.61 Å². The Morgan fingerprint density at radius 1 is 1.44 bits per heavy atom. The van der Waals surface area contributed by atoms with E-state index in [2.05, 4.69) is 10.5 Å². The minimum Gasteiger partial charge on any atom is -0.482 e. The topological polar surface area (TPSA) is 67.6 Å². The summed E-state index contributed by atoms with van der Waals surface area (Å²) in [4.78, 5) is 14.3. The third-order valence-electron chi connectivity index (χ3n) is 3.82. The summed E-state index contributed by atoms with van der Waals surface area (Å²) in [5.74, 6) is 0.660. The number of amides is 1. The maximum atomic E-state index is 12.5. The molecule has 0 spiro atoms. The highest BCUT2D eigenvalue weighted by Crippen LogP contribution is 2.32. The van der Waals surface area contributed by atoms with Gasteiger partial charge in [0.2, 0.25) is 0 Å². The second-order valence-electron chi connectivity index (χ2n) is 5.57. The number of benzene rings is 1. The van der Waals surface area contributed by atoms with Crippen molar-refractivity contribution in [2.24, 2.45) is 0 Å². The molecular weight excluding hydrogens is 389 g/mol. The van der Waals surface area contributed by atoms with E-state index >= 15 is 0 Å². The van der Waals surface area contributed by atoms with Crippen LogP contribution in [-0.2, 0) is 6.61 Å². The monoisotopic (exact) mass is 405 g/mol. The molecule has 1 aromatic heterocycles. The molecule has 1 N–H and O–H groups in total. The Morgan fingerprint density at radius 2 is 2.16 bits per heavy atom. The first kappa shape index (κ1) is 19.8. The van der Waals surface area contributed by atoms with Gasteiger partial charge in [0.25, 0.3) is 5.91 Å². The number of aromatic nitrogens is 1. The maximum Gasteiger partial charge on any atom is 0.276 e. The molecule has 1 aliphatic rings. The van der Waals surface area contributed by atoms with Crippen molar-refractivity contribution in [2.45, 2.75) is 19.6 Å². The van der Waals surface area contributed by atoms with Gasteiger partial charge in [-0.2, -0.15) is 0 Å². The largest absolute Gasteiger partial charge is 0.482 e. The summed E-state index contributed by atoms with van der Waals surface area (Å²) in [6, 6.07) is 6.80. The van der Waals surface area contributed by atoms with Crippen molar-refractivity contribution < 1.29 is 14.1 Å². The van der Waals surface area contributed by atoms with Gasteiger partial charge in [0, 0.05) is 31.7 Å². The summed E-state index contributed by atoms with van der Waals surface area (Å²) in [7, 11) is 0. The number of ether oxygens (including phenoxy) is 1. The fraction of sp³-hybridized carbons (Fsp3) is 0.375. The van der Waals surface area contributed by atoms with Crippen LogP contribution in [0.2, 0.25) is 10.0 Å². The number of piperazine rings is 1. The number of rotatable bonds is 4. The highest BCUT2D eigenvalue weighted by atomic mass is 35.5. The van der Waals surface area contributed by atoms with Gasteiger partial charge in [-0.05, 0) is 19.1 Å². The van der Waals surface area contributed by atoms with E-state index in [0.29, 0.717) is 28.1 Å². The molecule has 0 aliphatic carbocycles. The molecule has 0 bridgehead atoms. The average Bonchev–Trinajstić information content (AvgIpc) is 3.03. The second kappa shape index (κ2) is 8.76. The normalized spacial score (nSPS) is 17.1. The molecule has 2 heterocycles. The third-order valence-corrected chi connectivity index (χ3v) is 4.41. The summed E-state index contributed by atoms with van der Waals surface area (Å²) in [6.07, 6.45) is 0. The predicted molar refractivity (Wildman–Crippen MR) is 97.9 cm³/mol. The first-order valence-electron chi connectivity index (χ1n) is 7.60. The lowest BCUT2D eigenvalue weighted by molar-refractivity contribution is 0.0645. The van der Waals surface area contributed by atoms with E-state index in [1.807, 2.05) is 6.92 Å². The van der Waals surface area contributed by atoms with Gasteiger partial charge in [-0.25, -0.2) is 0 Å². The van der Waals surface area contributed by atoms with E-state index in [1.165, 1.54) is 0 Å². The Morgan fingerprint density at radius 3 is 2.84 bits per heavy atom. The lowest BCUT2D eigenvalue weighted by atomic mass is 10.2. The van der Waals surface area contributed by atoms with Gasteiger partial charge < -0.3 is 19.5 Å². The first-order valence-corrected chi connectivity index (χ1v) is 8.36. The van der Waals surface area contributed by atoms with Gasteiger partial charge >= 0.3 is 0 Å². The minimum atomic E-state index is -0.144. The fourth-order valence-corrected chi connectivity index (χ4v) is 3.04. The van der Waals surface area contributed by atoms with E-state index in [4.69, 9.17) is 32.5 Å². The predicted octanol–water partition coefficient (Wildman–Crippen LogP) is 3.42. The molecule has 136 valence electrons. The average molecular weight is 407 g/mol. The molecule has 0 unspecified atom stereocenters. The van der Waals surface area contributed by atoms with Crippen LogP contribution in [0.5, 0.6) is 5.75 Å². The van der Waals surface area contributed by atoms with Crippen LogP contribution in [0.4, 0.5) is 0 Å². The van der Waals surface area contributed by atoms with Crippen LogP contribution in [0.1, 0.15) is 23.2 Å². The molecule has 2 aromatic rings. The molecule has 1 saturated heterocycles. The van der Waals surface area contributed by atoms with Crippen molar-refractivity contribution in [3.8, 4) is 5.75 Å². The molecule has 0 radical (unpaired) electrons. The molecule has 25 heavy (non-hydrogen) atoms. The molecule has 6 nitrogen and oxygen atoms in total. The SMILES string of the molecule is C[C@H]1CNCCN1C(=O)c1cc(COc2c(Cl)cccc2Cl)on1.Cl. The number of hydrogen-bond donors (Lipinski definition) is 1. The van der Waals surface area contributed by atoms with Crippen molar-refractivity contribution in [2.75, 3.05) is 19.6 Å². The summed E-state index contributed by atoms with van der Waals surface area (Å²) in [5, 5.41) is 7.91. The Bertz CT molecular complexity index is 718. The maximum absolute atomic E-state index is 12.5. The smallest absolute Gasteiger partial charge is 0.276 e. The summed E-state index contributed by atoms with van der Waals surface area (Å²) < 4.78 is 10.8. The Balaban J connectivity index is 0.00000225. The van der Waals surface area contributed by atoms with Crippen molar-refractivity contribution in [3.63, 3.8) is 0 Å². The van der Waals surface area contributed by atoms with E-state index in [0.717, 1.165) is 13.1 Å². The number of carbonyl (C=O) groups excluding carboxylic acids is 1. The molecule has 0 saturated carbocycles. The van der Waals surface area contributed by atoms with Crippen LogP contribution < -0.4 is 10.1 Å². The molecular formula is C16H18Cl3N3O3. The van der Waals surface area contributed by atoms with E-state index in [-0.39, 0.29) is 36.7 Å². The molecule has 1 aromatic carbocycles. The number of para-hydroxylation sites is 1. The van der Waals surface area contributed by atoms with Gasteiger partial charge in [0.15, 0.2) is 17.2 Å². The van der Waals surface area contributed by atoms with Gasteiger partial charge in [0.05, 0.1) is 10.0 Å². The van der Waals surface area contributed by atoms with Crippen molar-refractivity contribution in [3.05, 3.63) is 45.8 Å². The third kappa shape index (κ3) is 4.58. The minimum absolute atomic E-state index is 0. The lowest BCUT2D eigenvalue weighted by Gasteiger charge is -2.33. The second-order valence-corrected chi connectivity index (χ2v) is 6.38. The Kier molecular flexibility index (Phi) is 6.95. The summed E-state index contributed by atoms with van der Waals surface area (Å²) >= 11 is 12.1. The fourth-order valence-electron chi connectivity index (χ4n) is 2.54. The van der Waals surface area contributed by atoms with Crippen LogP contribution in [-0.4, -0.2) is 41.6 Å². The number of hydrogen-bond acceptors (Lipinski definition) is 5. The molecule has 3 rings (SSSR count). The summed E-state index contributed by atoms with van der Waals surface area (Å²) in [5.41, 5.74) is 0.271. The van der Waals surface area contributed by atoms with Gasteiger partial charge in [-0.1, -0.05) is 34.4 Å². The number of carbonyl (C=O) groups is 1. The van der Waals surface area contributed by atoms with E-state index < -0.39 is 0 Å². The lowest BCUT2D eigenvalue weighted by Crippen LogP contribution is -2.52. The summed E-state index contributed by atoms with van der Waals surface area (Å²) in [6.45, 7) is 4.27. The van der Waals surface area contributed by atoms with Crippen LogP contribution >= 0.6 is 35.6 Å². The van der Waals surface area contributed by atoms with Crippen LogP contribution in [0, 0.1) is 0 Å².